The Balaban J connectivity index is 1.66. The van der Waals surface area contributed by atoms with Crippen molar-refractivity contribution >= 4 is 36.8 Å². The number of ketones is 2. The van der Waals surface area contributed by atoms with Gasteiger partial charge in [-0.1, -0.05) is 84.3 Å². The fraction of sp³-hybridized carbons (Fsp3) is 0.0769. The summed E-state index contributed by atoms with van der Waals surface area (Å²) in [6.07, 6.45) is 0. The second-order valence-corrected chi connectivity index (χ2v) is 7.41. The van der Waals surface area contributed by atoms with Gasteiger partial charge in [0, 0.05) is 22.3 Å². The summed E-state index contributed by atoms with van der Waals surface area (Å²) in [5.74, 6) is 11.2. The smallest absolute Gasteiger partial charge is 0.187 e. The lowest BCUT2D eigenvalue weighted by Gasteiger charge is -2.06. The first-order chi connectivity index (χ1) is 14.5. The van der Waals surface area contributed by atoms with Crippen molar-refractivity contribution in [2.24, 2.45) is 0 Å². The van der Waals surface area contributed by atoms with Crippen molar-refractivity contribution in [2.75, 3.05) is 0 Å². The van der Waals surface area contributed by atoms with Crippen LogP contribution in [0.25, 0.3) is 0 Å². The van der Waals surface area contributed by atoms with E-state index in [1.807, 2.05) is 60.7 Å². The second-order valence-electron chi connectivity index (χ2n) is 6.38. The number of carbonyl (C=O) groups is 2. The molecule has 3 aromatic rings. The summed E-state index contributed by atoms with van der Waals surface area (Å²) >= 11 is 8.62. The first-order valence-corrected chi connectivity index (χ1v) is 10.3. The Hall–Kier alpha value is -3.18. The molecular formula is C26H18O2S2. The van der Waals surface area contributed by atoms with Gasteiger partial charge in [0.1, 0.15) is 10.5 Å². The summed E-state index contributed by atoms with van der Waals surface area (Å²) in [6.45, 7) is 0. The Morgan fingerprint density at radius 1 is 0.567 bits per heavy atom. The van der Waals surface area contributed by atoms with E-state index in [4.69, 9.17) is 0 Å². The lowest BCUT2D eigenvalue weighted by molar-refractivity contribution is 0.0992. The Morgan fingerprint density at radius 2 is 0.900 bits per heavy atom. The molecule has 2 unspecified atom stereocenters. The molecule has 0 aliphatic heterocycles. The van der Waals surface area contributed by atoms with Crippen LogP contribution >= 0.6 is 25.3 Å². The largest absolute Gasteiger partial charge is 0.292 e. The van der Waals surface area contributed by atoms with E-state index in [2.05, 4.69) is 48.9 Å². The molecule has 2 atom stereocenters. The Morgan fingerprint density at radius 3 is 1.23 bits per heavy atom. The fourth-order valence-corrected chi connectivity index (χ4v) is 3.02. The third kappa shape index (κ3) is 5.91. The van der Waals surface area contributed by atoms with Gasteiger partial charge >= 0.3 is 0 Å². The highest BCUT2D eigenvalue weighted by Crippen LogP contribution is 2.13. The monoisotopic (exact) mass is 426 g/mol. The number of hydrogen-bond donors (Lipinski definition) is 2. The minimum absolute atomic E-state index is 0.216. The Kier molecular flexibility index (Phi) is 7.57. The van der Waals surface area contributed by atoms with Crippen LogP contribution in [-0.2, 0) is 0 Å². The molecule has 0 bridgehead atoms. The van der Waals surface area contributed by atoms with E-state index in [-0.39, 0.29) is 11.6 Å². The zero-order valence-corrected chi connectivity index (χ0v) is 17.7. The number of Topliss-reactive ketones (excluding diaryl/α,β-unsaturated/α-hetero) is 2. The van der Waals surface area contributed by atoms with Crippen LogP contribution in [0, 0.1) is 23.7 Å². The maximum absolute atomic E-state index is 12.5. The Bertz CT molecular complexity index is 1050. The number of benzene rings is 3. The molecule has 3 aromatic carbocycles. The lowest BCUT2D eigenvalue weighted by atomic mass is 10.0. The first-order valence-electron chi connectivity index (χ1n) is 9.22. The maximum Gasteiger partial charge on any atom is 0.187 e. The molecule has 30 heavy (non-hydrogen) atoms. The van der Waals surface area contributed by atoms with Gasteiger partial charge in [0.05, 0.1) is 0 Å². The van der Waals surface area contributed by atoms with E-state index < -0.39 is 10.5 Å². The highest BCUT2D eigenvalue weighted by atomic mass is 32.1. The Labute approximate surface area is 187 Å². The molecule has 0 aliphatic rings. The predicted octanol–water partition coefficient (Wildman–Crippen LogP) is 4.75. The zero-order chi connectivity index (χ0) is 21.3. The standard InChI is InChI=1S/C26H18O2S2/c27-25(23(29)17-11-19-7-3-1-4-8-19)21-13-15-22(16-14-21)26(28)24(30)18-12-20-9-5-2-6-10-20/h1-10,13-16,23-24,29-30H. The van der Waals surface area contributed by atoms with E-state index >= 15 is 0 Å². The van der Waals surface area contributed by atoms with Crippen LogP contribution in [-0.4, -0.2) is 22.1 Å². The highest BCUT2D eigenvalue weighted by molar-refractivity contribution is 7.82. The van der Waals surface area contributed by atoms with Gasteiger partial charge in [0.25, 0.3) is 0 Å². The zero-order valence-electron chi connectivity index (χ0n) is 15.9. The van der Waals surface area contributed by atoms with Crippen LogP contribution in [0.4, 0.5) is 0 Å². The molecule has 0 saturated heterocycles. The molecule has 0 fully saturated rings. The molecule has 0 amide bonds. The van der Waals surface area contributed by atoms with Crippen molar-refractivity contribution in [1.29, 1.82) is 0 Å². The number of hydrogen-bond acceptors (Lipinski definition) is 4. The highest BCUT2D eigenvalue weighted by Gasteiger charge is 2.17. The van der Waals surface area contributed by atoms with E-state index in [1.54, 1.807) is 24.3 Å². The van der Waals surface area contributed by atoms with E-state index in [0.717, 1.165) is 11.1 Å². The normalized spacial score (nSPS) is 11.8. The van der Waals surface area contributed by atoms with Gasteiger partial charge < -0.3 is 0 Å². The third-order valence-corrected chi connectivity index (χ3v) is 4.93. The average molecular weight is 427 g/mol. The molecule has 0 heterocycles. The van der Waals surface area contributed by atoms with Crippen molar-refractivity contribution in [3.8, 4) is 23.7 Å². The van der Waals surface area contributed by atoms with E-state index in [0.29, 0.717) is 11.1 Å². The van der Waals surface area contributed by atoms with Crippen molar-refractivity contribution < 1.29 is 9.59 Å². The summed E-state index contributed by atoms with van der Waals surface area (Å²) < 4.78 is 0. The minimum atomic E-state index is -0.749. The van der Waals surface area contributed by atoms with Crippen LogP contribution in [0.1, 0.15) is 31.8 Å². The average Bonchev–Trinajstić information content (AvgIpc) is 2.81. The van der Waals surface area contributed by atoms with E-state index in [9.17, 15) is 9.59 Å². The molecule has 0 N–H and O–H groups in total. The van der Waals surface area contributed by atoms with Gasteiger partial charge in [-0.15, -0.1) is 0 Å². The molecule has 3 rings (SSSR count). The second kappa shape index (κ2) is 10.6. The number of thiol groups is 2. The maximum atomic E-state index is 12.5. The number of carbonyl (C=O) groups excluding carboxylic acids is 2. The van der Waals surface area contributed by atoms with Crippen LogP contribution in [0.3, 0.4) is 0 Å². The first kappa shape index (κ1) is 21.5. The van der Waals surface area contributed by atoms with Crippen molar-refractivity contribution in [1.82, 2.24) is 0 Å². The minimum Gasteiger partial charge on any atom is -0.292 e. The summed E-state index contributed by atoms with van der Waals surface area (Å²) in [5, 5.41) is -1.50. The van der Waals surface area contributed by atoms with Gasteiger partial charge in [-0.2, -0.15) is 25.3 Å². The molecular weight excluding hydrogens is 408 g/mol. The van der Waals surface area contributed by atoms with Gasteiger partial charge in [-0.05, 0) is 24.3 Å². The van der Waals surface area contributed by atoms with Crippen LogP contribution in [0.15, 0.2) is 84.9 Å². The van der Waals surface area contributed by atoms with Gasteiger partial charge in [-0.25, -0.2) is 0 Å². The predicted molar refractivity (Wildman–Crippen MR) is 127 cm³/mol. The quantitative estimate of drug-likeness (QED) is 0.359. The number of rotatable bonds is 4. The van der Waals surface area contributed by atoms with Crippen LogP contribution in [0.2, 0.25) is 0 Å². The van der Waals surface area contributed by atoms with Crippen molar-refractivity contribution in [3.63, 3.8) is 0 Å². The van der Waals surface area contributed by atoms with Gasteiger partial charge in [-0.3, -0.25) is 9.59 Å². The molecule has 0 aliphatic carbocycles. The molecule has 146 valence electrons. The SMILES string of the molecule is O=C(c1ccc(C(=O)C(S)C#Cc2ccccc2)cc1)C(S)C#Cc1ccccc1. The lowest BCUT2D eigenvalue weighted by Crippen LogP contribution is -2.15. The van der Waals surface area contributed by atoms with Crippen molar-refractivity contribution in [2.45, 2.75) is 10.5 Å². The van der Waals surface area contributed by atoms with Crippen LogP contribution < -0.4 is 0 Å². The van der Waals surface area contributed by atoms with Gasteiger partial charge in [0.2, 0.25) is 0 Å². The molecule has 2 nitrogen and oxygen atoms in total. The fourth-order valence-electron chi connectivity index (χ4n) is 2.59. The summed E-state index contributed by atoms with van der Waals surface area (Å²) in [7, 11) is 0. The summed E-state index contributed by atoms with van der Waals surface area (Å²) in [5.41, 5.74) is 2.53. The van der Waals surface area contributed by atoms with E-state index in [1.165, 1.54) is 0 Å². The van der Waals surface area contributed by atoms with Crippen molar-refractivity contribution in [3.05, 3.63) is 107 Å². The summed E-state index contributed by atoms with van der Waals surface area (Å²) in [4.78, 5) is 25.1. The van der Waals surface area contributed by atoms with Gasteiger partial charge in [0.15, 0.2) is 11.6 Å². The van der Waals surface area contributed by atoms with Crippen LogP contribution in [0.5, 0.6) is 0 Å². The molecule has 4 heteroatoms. The summed E-state index contributed by atoms with van der Waals surface area (Å²) in [6, 6.07) is 25.2. The molecule has 0 aromatic heterocycles. The molecule has 0 saturated carbocycles. The third-order valence-electron chi connectivity index (χ3n) is 4.20. The topological polar surface area (TPSA) is 34.1 Å². The molecule has 0 radical (unpaired) electrons. The molecule has 0 spiro atoms.